The number of ether oxygens (including phenoxy) is 2. The molecule has 1 heterocycles. The first-order chi connectivity index (χ1) is 14.1. The summed E-state index contributed by atoms with van der Waals surface area (Å²) in [6.45, 7) is 0.142. The Balaban J connectivity index is 1.44. The van der Waals surface area contributed by atoms with Crippen molar-refractivity contribution in [2.45, 2.75) is 12.8 Å². The van der Waals surface area contributed by atoms with Crippen LogP contribution in [0.1, 0.15) is 33.6 Å². The number of rotatable bonds is 6. The van der Waals surface area contributed by atoms with Crippen molar-refractivity contribution >= 4 is 28.6 Å². The van der Waals surface area contributed by atoms with Crippen molar-refractivity contribution in [3.05, 3.63) is 71.8 Å². The topological polar surface area (TPSA) is 72.9 Å². The summed E-state index contributed by atoms with van der Waals surface area (Å²) >= 11 is 0. The van der Waals surface area contributed by atoms with Crippen LogP contribution in [0.25, 0.3) is 10.8 Å². The number of methoxy groups -OCH3 is 1. The predicted molar refractivity (Wildman–Crippen MR) is 107 cm³/mol. The molecule has 0 unspecified atom stereocenters. The largest absolute Gasteiger partial charge is 0.493 e. The van der Waals surface area contributed by atoms with E-state index in [2.05, 4.69) is 0 Å². The monoisotopic (exact) mass is 389 g/mol. The van der Waals surface area contributed by atoms with Gasteiger partial charge in [-0.2, -0.15) is 0 Å². The maximum Gasteiger partial charge on any atom is 0.311 e. The first-order valence-electron chi connectivity index (χ1n) is 9.32. The van der Waals surface area contributed by atoms with Crippen LogP contribution in [0.3, 0.4) is 0 Å². The molecule has 0 aliphatic carbocycles. The minimum Gasteiger partial charge on any atom is -0.493 e. The van der Waals surface area contributed by atoms with E-state index in [4.69, 9.17) is 9.47 Å². The zero-order valence-corrected chi connectivity index (χ0v) is 15.9. The number of hydrogen-bond acceptors (Lipinski definition) is 5. The molecule has 1 aliphatic rings. The van der Waals surface area contributed by atoms with Crippen LogP contribution < -0.4 is 9.47 Å². The lowest BCUT2D eigenvalue weighted by molar-refractivity contribution is -0.134. The molecule has 0 N–H and O–H groups in total. The van der Waals surface area contributed by atoms with Crippen LogP contribution in [-0.4, -0.2) is 36.3 Å². The van der Waals surface area contributed by atoms with Crippen molar-refractivity contribution in [3.63, 3.8) is 0 Å². The molecule has 29 heavy (non-hydrogen) atoms. The highest BCUT2D eigenvalue weighted by molar-refractivity contribution is 6.25. The summed E-state index contributed by atoms with van der Waals surface area (Å²) in [6, 6.07) is 17.7. The Bertz CT molecular complexity index is 1070. The second kappa shape index (κ2) is 7.75. The summed E-state index contributed by atoms with van der Waals surface area (Å²) in [5.41, 5.74) is 1.02. The quantitative estimate of drug-likeness (QED) is 0.364. The van der Waals surface area contributed by atoms with Crippen molar-refractivity contribution in [1.29, 1.82) is 0 Å². The zero-order chi connectivity index (χ0) is 20.4. The SMILES string of the molecule is COc1ccccc1OC(=O)CCCN1C(=O)c2cccc3cccc(c23)C1=O. The molecule has 146 valence electrons. The molecule has 0 fully saturated rings. The number of esters is 1. The van der Waals surface area contributed by atoms with Crippen LogP contribution in [0.5, 0.6) is 11.5 Å². The molecular formula is C23H19NO5. The highest BCUT2D eigenvalue weighted by atomic mass is 16.6. The van der Waals surface area contributed by atoms with Crippen molar-refractivity contribution in [2.24, 2.45) is 0 Å². The lowest BCUT2D eigenvalue weighted by atomic mass is 9.94. The predicted octanol–water partition coefficient (Wildman–Crippen LogP) is 3.83. The van der Waals surface area contributed by atoms with Crippen LogP contribution in [0.4, 0.5) is 0 Å². The molecule has 0 saturated carbocycles. The summed E-state index contributed by atoms with van der Waals surface area (Å²) < 4.78 is 10.5. The first-order valence-corrected chi connectivity index (χ1v) is 9.32. The van der Waals surface area contributed by atoms with Gasteiger partial charge in [-0.1, -0.05) is 36.4 Å². The van der Waals surface area contributed by atoms with Crippen molar-refractivity contribution in [1.82, 2.24) is 4.90 Å². The van der Waals surface area contributed by atoms with Gasteiger partial charge in [0.25, 0.3) is 11.8 Å². The Morgan fingerprint density at radius 3 is 2.10 bits per heavy atom. The molecule has 3 aromatic rings. The summed E-state index contributed by atoms with van der Waals surface area (Å²) in [7, 11) is 1.50. The van der Waals surface area contributed by atoms with Gasteiger partial charge in [-0.3, -0.25) is 19.3 Å². The van der Waals surface area contributed by atoms with Gasteiger partial charge < -0.3 is 9.47 Å². The van der Waals surface area contributed by atoms with Gasteiger partial charge in [0.1, 0.15) is 0 Å². The van der Waals surface area contributed by atoms with E-state index in [1.54, 1.807) is 48.5 Å². The molecule has 1 aliphatic heterocycles. The average Bonchev–Trinajstić information content (AvgIpc) is 2.74. The molecule has 0 spiro atoms. The van der Waals surface area contributed by atoms with Crippen LogP contribution in [0.2, 0.25) is 0 Å². The normalized spacial score (nSPS) is 12.9. The van der Waals surface area contributed by atoms with E-state index in [0.717, 1.165) is 5.39 Å². The van der Waals surface area contributed by atoms with Gasteiger partial charge in [-0.15, -0.1) is 0 Å². The van der Waals surface area contributed by atoms with E-state index in [9.17, 15) is 14.4 Å². The Morgan fingerprint density at radius 2 is 1.48 bits per heavy atom. The second-order valence-corrected chi connectivity index (χ2v) is 6.70. The van der Waals surface area contributed by atoms with E-state index in [-0.39, 0.29) is 24.8 Å². The number of para-hydroxylation sites is 2. The highest BCUT2D eigenvalue weighted by Crippen LogP contribution is 2.30. The Kier molecular flexibility index (Phi) is 4.99. The smallest absolute Gasteiger partial charge is 0.311 e. The molecule has 4 rings (SSSR count). The summed E-state index contributed by atoms with van der Waals surface area (Å²) in [6.07, 6.45) is 0.380. The standard InChI is InChI=1S/C23H19NO5/c1-28-18-11-2-3-12-19(18)29-20(25)13-6-14-24-22(26)16-9-4-7-15-8-5-10-17(21(15)16)23(24)27/h2-5,7-12H,6,13-14H2,1H3. The van der Waals surface area contributed by atoms with Gasteiger partial charge in [0.15, 0.2) is 11.5 Å². The number of imide groups is 1. The first kappa shape index (κ1) is 18.7. The summed E-state index contributed by atoms with van der Waals surface area (Å²) in [5.74, 6) is -0.318. The Morgan fingerprint density at radius 1 is 0.862 bits per heavy atom. The molecule has 0 aromatic heterocycles. The van der Waals surface area contributed by atoms with Gasteiger partial charge in [0.2, 0.25) is 0 Å². The third-order valence-electron chi connectivity index (χ3n) is 4.91. The van der Waals surface area contributed by atoms with E-state index in [1.807, 2.05) is 12.1 Å². The minimum atomic E-state index is -0.450. The molecule has 3 aromatic carbocycles. The third-order valence-corrected chi connectivity index (χ3v) is 4.91. The van der Waals surface area contributed by atoms with E-state index in [1.165, 1.54) is 12.0 Å². The summed E-state index contributed by atoms with van der Waals surface area (Å²) in [4.78, 5) is 39.0. The molecule has 6 heteroatoms. The van der Waals surface area contributed by atoms with Crippen LogP contribution >= 0.6 is 0 Å². The lowest BCUT2D eigenvalue weighted by Gasteiger charge is -2.27. The van der Waals surface area contributed by atoms with Crippen molar-refractivity contribution < 1.29 is 23.9 Å². The minimum absolute atomic E-state index is 0.0704. The maximum absolute atomic E-state index is 12.8. The fourth-order valence-corrected chi connectivity index (χ4v) is 3.54. The Labute approximate surface area is 167 Å². The maximum atomic E-state index is 12.8. The highest BCUT2D eigenvalue weighted by Gasteiger charge is 2.32. The molecule has 2 amide bonds. The molecule has 6 nitrogen and oxygen atoms in total. The van der Waals surface area contributed by atoms with Crippen LogP contribution in [-0.2, 0) is 4.79 Å². The number of carbonyl (C=O) groups is 3. The molecule has 0 saturated heterocycles. The molecule has 0 radical (unpaired) electrons. The van der Waals surface area contributed by atoms with Crippen molar-refractivity contribution in [2.75, 3.05) is 13.7 Å². The van der Waals surface area contributed by atoms with E-state index < -0.39 is 5.97 Å². The fraction of sp³-hybridized carbons (Fsp3) is 0.174. The zero-order valence-electron chi connectivity index (χ0n) is 15.9. The van der Waals surface area contributed by atoms with E-state index in [0.29, 0.717) is 34.4 Å². The number of benzene rings is 3. The van der Waals surface area contributed by atoms with Gasteiger partial charge >= 0.3 is 5.97 Å². The van der Waals surface area contributed by atoms with Crippen LogP contribution in [0, 0.1) is 0 Å². The number of carbonyl (C=O) groups excluding carboxylic acids is 3. The van der Waals surface area contributed by atoms with Gasteiger partial charge in [0.05, 0.1) is 7.11 Å². The fourth-order valence-electron chi connectivity index (χ4n) is 3.54. The molecular weight excluding hydrogens is 370 g/mol. The van der Waals surface area contributed by atoms with Gasteiger partial charge in [-0.25, -0.2) is 0 Å². The number of nitrogens with zero attached hydrogens (tertiary/aromatic N) is 1. The number of hydrogen-bond donors (Lipinski definition) is 0. The van der Waals surface area contributed by atoms with E-state index >= 15 is 0 Å². The third kappa shape index (κ3) is 3.45. The molecule has 0 atom stereocenters. The number of amides is 2. The lowest BCUT2D eigenvalue weighted by Crippen LogP contribution is -2.41. The second-order valence-electron chi connectivity index (χ2n) is 6.70. The van der Waals surface area contributed by atoms with Gasteiger partial charge in [0, 0.05) is 29.5 Å². The van der Waals surface area contributed by atoms with Gasteiger partial charge in [-0.05, 0) is 36.1 Å². The molecule has 0 bridgehead atoms. The Hall–Kier alpha value is -3.67. The summed E-state index contributed by atoms with van der Waals surface area (Å²) in [5, 5.41) is 1.55. The average molecular weight is 389 g/mol. The van der Waals surface area contributed by atoms with Crippen molar-refractivity contribution in [3.8, 4) is 11.5 Å². The van der Waals surface area contributed by atoms with Crippen LogP contribution in [0.15, 0.2) is 60.7 Å².